The Balaban J connectivity index is 2.27. The lowest BCUT2D eigenvalue weighted by Crippen LogP contribution is -2.25. The second-order valence-corrected chi connectivity index (χ2v) is 4.66. The molecule has 0 amide bonds. The summed E-state index contributed by atoms with van der Waals surface area (Å²) in [7, 11) is 1.55. The highest BCUT2D eigenvalue weighted by atomic mass is 16.6. The van der Waals surface area contributed by atoms with Crippen LogP contribution in [0, 0.1) is 30.3 Å². The van der Waals surface area contributed by atoms with Crippen LogP contribution in [0.1, 0.15) is 0 Å². The molecule has 0 aliphatic carbocycles. The first-order chi connectivity index (χ1) is 11.3. The third-order valence-electron chi connectivity index (χ3n) is 3.12. The lowest BCUT2D eigenvalue weighted by Gasteiger charge is -2.21. The molecule has 0 atom stereocenters. The zero-order valence-corrected chi connectivity index (χ0v) is 12.3. The molecular weight excluding hydrogens is 322 g/mol. The summed E-state index contributed by atoms with van der Waals surface area (Å²) in [4.78, 5) is 30.4. The first kappa shape index (κ1) is 16.6. The van der Waals surface area contributed by atoms with Gasteiger partial charge in [0.2, 0.25) is 0 Å². The fourth-order valence-corrected chi connectivity index (χ4v) is 1.92. The molecule has 0 unspecified atom stereocenters. The van der Waals surface area contributed by atoms with E-state index in [0.717, 1.165) is 12.1 Å². The number of non-ortho nitro benzene ring substituents is 2. The van der Waals surface area contributed by atoms with E-state index in [2.05, 4.69) is 5.43 Å². The van der Waals surface area contributed by atoms with Gasteiger partial charge in [0.25, 0.3) is 11.4 Å². The average Bonchev–Trinajstić information content (AvgIpc) is 2.54. The van der Waals surface area contributed by atoms with Crippen molar-refractivity contribution < 1.29 is 14.8 Å². The number of nitro benzene ring substituents is 3. The number of rotatable bonds is 6. The van der Waals surface area contributed by atoms with Gasteiger partial charge in [-0.2, -0.15) is 0 Å². The number of anilines is 2. The Labute approximate surface area is 134 Å². The molecule has 0 radical (unpaired) electrons. The largest absolute Gasteiger partial charge is 0.300 e. The molecule has 0 aliphatic heterocycles. The predicted octanol–water partition coefficient (Wildman–Crippen LogP) is 2.87. The van der Waals surface area contributed by atoms with E-state index in [4.69, 9.17) is 0 Å². The molecule has 11 heteroatoms. The molecule has 1 N–H and O–H groups in total. The van der Waals surface area contributed by atoms with E-state index in [1.165, 1.54) is 35.3 Å². The fraction of sp³-hybridized carbons (Fsp3) is 0.0769. The van der Waals surface area contributed by atoms with Crippen molar-refractivity contribution in [1.82, 2.24) is 0 Å². The maximum Gasteiger partial charge on any atom is 0.300 e. The van der Waals surface area contributed by atoms with Crippen LogP contribution in [0.5, 0.6) is 0 Å². The van der Waals surface area contributed by atoms with Crippen molar-refractivity contribution in [3.63, 3.8) is 0 Å². The Morgan fingerprint density at radius 1 is 0.833 bits per heavy atom. The van der Waals surface area contributed by atoms with Crippen LogP contribution in [0.25, 0.3) is 0 Å². The topological polar surface area (TPSA) is 145 Å². The summed E-state index contributed by atoms with van der Waals surface area (Å²) < 4.78 is 0. The predicted molar refractivity (Wildman–Crippen MR) is 84.9 cm³/mol. The molecule has 0 saturated heterocycles. The van der Waals surface area contributed by atoms with Gasteiger partial charge in [0.05, 0.1) is 26.5 Å². The van der Waals surface area contributed by atoms with Crippen molar-refractivity contribution in [2.45, 2.75) is 0 Å². The summed E-state index contributed by atoms with van der Waals surface area (Å²) in [6, 6.07) is 8.71. The van der Waals surface area contributed by atoms with Crippen LogP contribution >= 0.6 is 0 Å². The molecule has 0 aliphatic rings. The molecule has 0 bridgehead atoms. The maximum absolute atomic E-state index is 11.1. The van der Waals surface area contributed by atoms with Gasteiger partial charge in [-0.05, 0) is 18.2 Å². The molecule has 0 heterocycles. The zero-order chi connectivity index (χ0) is 17.9. The van der Waals surface area contributed by atoms with Gasteiger partial charge >= 0.3 is 5.69 Å². The van der Waals surface area contributed by atoms with Crippen molar-refractivity contribution in [3.05, 3.63) is 72.8 Å². The summed E-state index contributed by atoms with van der Waals surface area (Å²) in [5.74, 6) is 0. The lowest BCUT2D eigenvalue weighted by molar-refractivity contribution is -0.393. The molecule has 2 aromatic carbocycles. The van der Waals surface area contributed by atoms with E-state index >= 15 is 0 Å². The van der Waals surface area contributed by atoms with Crippen molar-refractivity contribution in [3.8, 4) is 0 Å². The Kier molecular flexibility index (Phi) is 4.54. The number of hydrazine groups is 1. The smallest absolute Gasteiger partial charge is 0.292 e. The first-order valence-electron chi connectivity index (χ1n) is 6.47. The quantitative estimate of drug-likeness (QED) is 0.627. The molecule has 24 heavy (non-hydrogen) atoms. The molecule has 11 nitrogen and oxygen atoms in total. The standard InChI is InChI=1S/C13H11N5O6/c1-15(9-2-4-10(5-3-9)16(19)20)14-12-7-6-11(17(21)22)8-13(12)18(23)24/h2-8,14H,1H3. The Morgan fingerprint density at radius 2 is 1.38 bits per heavy atom. The first-order valence-corrected chi connectivity index (χ1v) is 6.47. The lowest BCUT2D eigenvalue weighted by atomic mass is 10.2. The van der Waals surface area contributed by atoms with E-state index in [0.29, 0.717) is 5.69 Å². The second kappa shape index (κ2) is 6.56. The molecule has 2 rings (SSSR count). The highest BCUT2D eigenvalue weighted by Gasteiger charge is 2.20. The van der Waals surface area contributed by atoms with Crippen molar-refractivity contribution in [2.24, 2.45) is 0 Å². The van der Waals surface area contributed by atoms with Crippen LogP contribution in [-0.4, -0.2) is 21.8 Å². The van der Waals surface area contributed by atoms with Gasteiger partial charge in [-0.15, -0.1) is 0 Å². The van der Waals surface area contributed by atoms with Crippen molar-refractivity contribution >= 4 is 28.4 Å². The molecular formula is C13H11N5O6. The normalized spacial score (nSPS) is 10.0. The van der Waals surface area contributed by atoms with E-state index < -0.39 is 26.1 Å². The maximum atomic E-state index is 11.1. The van der Waals surface area contributed by atoms with Gasteiger partial charge in [-0.3, -0.25) is 40.8 Å². The molecule has 124 valence electrons. The summed E-state index contributed by atoms with van der Waals surface area (Å²) in [6.45, 7) is 0. The Morgan fingerprint density at radius 3 is 1.88 bits per heavy atom. The molecule has 0 aromatic heterocycles. The van der Waals surface area contributed by atoms with Crippen LogP contribution in [0.4, 0.5) is 28.4 Å². The van der Waals surface area contributed by atoms with Crippen LogP contribution in [0.2, 0.25) is 0 Å². The number of hydrogen-bond donors (Lipinski definition) is 1. The summed E-state index contributed by atoms with van der Waals surface area (Å²) in [5.41, 5.74) is 2.33. The van der Waals surface area contributed by atoms with Crippen LogP contribution in [0.3, 0.4) is 0 Å². The van der Waals surface area contributed by atoms with E-state index in [9.17, 15) is 30.3 Å². The number of nitrogens with zero attached hydrogens (tertiary/aromatic N) is 4. The fourth-order valence-electron chi connectivity index (χ4n) is 1.92. The highest BCUT2D eigenvalue weighted by Crippen LogP contribution is 2.30. The second-order valence-electron chi connectivity index (χ2n) is 4.66. The molecule has 0 fully saturated rings. The van der Waals surface area contributed by atoms with Gasteiger partial charge in [-0.1, -0.05) is 0 Å². The average molecular weight is 333 g/mol. The van der Waals surface area contributed by atoms with Gasteiger partial charge in [0.1, 0.15) is 5.69 Å². The van der Waals surface area contributed by atoms with Gasteiger partial charge in [0.15, 0.2) is 0 Å². The van der Waals surface area contributed by atoms with Crippen molar-refractivity contribution in [2.75, 3.05) is 17.5 Å². The molecule has 0 saturated carbocycles. The van der Waals surface area contributed by atoms with Crippen molar-refractivity contribution in [1.29, 1.82) is 0 Å². The van der Waals surface area contributed by atoms with Crippen LogP contribution < -0.4 is 10.4 Å². The third kappa shape index (κ3) is 3.52. The summed E-state index contributed by atoms with van der Waals surface area (Å²) in [5, 5.41) is 33.8. The Bertz CT molecular complexity index is 807. The van der Waals surface area contributed by atoms with Gasteiger partial charge in [-0.25, -0.2) is 0 Å². The minimum Gasteiger partial charge on any atom is -0.292 e. The number of nitro groups is 3. The third-order valence-corrected chi connectivity index (χ3v) is 3.12. The number of nitrogens with one attached hydrogen (secondary N) is 1. The minimum absolute atomic E-state index is 0.0476. The van der Waals surface area contributed by atoms with Crippen LogP contribution in [-0.2, 0) is 0 Å². The van der Waals surface area contributed by atoms with E-state index in [-0.39, 0.29) is 11.4 Å². The van der Waals surface area contributed by atoms with E-state index in [1.807, 2.05) is 0 Å². The number of hydrogen-bond acceptors (Lipinski definition) is 8. The SMILES string of the molecule is CN(Nc1ccc([N+](=O)[O-])cc1[N+](=O)[O-])c1ccc([N+](=O)[O-])cc1. The zero-order valence-electron chi connectivity index (χ0n) is 12.3. The highest BCUT2D eigenvalue weighted by molar-refractivity contribution is 5.68. The Hall–Kier alpha value is -3.76. The van der Waals surface area contributed by atoms with Gasteiger partial charge < -0.3 is 0 Å². The van der Waals surface area contributed by atoms with Crippen LogP contribution in [0.15, 0.2) is 42.5 Å². The molecule has 0 spiro atoms. The molecule has 2 aromatic rings. The summed E-state index contributed by atoms with van der Waals surface area (Å²) >= 11 is 0. The monoisotopic (exact) mass is 333 g/mol. The minimum atomic E-state index is -0.737. The van der Waals surface area contributed by atoms with E-state index in [1.54, 1.807) is 7.05 Å². The number of benzene rings is 2. The summed E-state index contributed by atoms with van der Waals surface area (Å²) in [6.07, 6.45) is 0. The van der Waals surface area contributed by atoms with Gasteiger partial charge in [0, 0.05) is 25.2 Å².